The van der Waals surface area contributed by atoms with E-state index in [1.807, 2.05) is 7.05 Å². The van der Waals surface area contributed by atoms with Crippen LogP contribution in [-0.4, -0.2) is 63.7 Å². The Morgan fingerprint density at radius 3 is 2.28 bits per heavy atom. The van der Waals surface area contributed by atoms with E-state index in [1.54, 1.807) is 6.92 Å². The molecular weight excluding hydrogens is 594 g/mol. The number of nitrogens with zero attached hydrogens (tertiary/aromatic N) is 1. The summed E-state index contributed by atoms with van der Waals surface area (Å²) in [7, 11) is 1.90. The van der Waals surface area contributed by atoms with Gasteiger partial charge in [-0.1, -0.05) is 32.4 Å². The van der Waals surface area contributed by atoms with E-state index >= 15 is 0 Å². The van der Waals surface area contributed by atoms with Crippen LogP contribution in [0, 0.1) is 45.0 Å². The summed E-state index contributed by atoms with van der Waals surface area (Å²) in [5, 5.41) is 15.2. The smallest absolute Gasteiger partial charge is 0.411 e. The van der Waals surface area contributed by atoms with Crippen molar-refractivity contribution < 1.29 is 45.7 Å². The van der Waals surface area contributed by atoms with Gasteiger partial charge in [0.15, 0.2) is 0 Å². The Kier molecular flexibility index (Phi) is 32.6. The first-order chi connectivity index (χ1) is 13.5. The first kappa shape index (κ1) is 33.7. The fourth-order valence-electron chi connectivity index (χ4n) is 2.16. The van der Waals surface area contributed by atoms with Crippen molar-refractivity contribution in [1.29, 1.82) is 0 Å². The Morgan fingerprint density at radius 1 is 1.07 bits per heavy atom. The molecule has 0 aromatic rings. The molecule has 0 spiro atoms. The van der Waals surface area contributed by atoms with Crippen molar-refractivity contribution in [2.24, 2.45) is 10.7 Å². The molecule has 8 heteroatoms. The van der Waals surface area contributed by atoms with Gasteiger partial charge in [-0.2, -0.15) is 0 Å². The number of aliphatic imine (C=N–C) groups is 1. The van der Waals surface area contributed by atoms with E-state index in [2.05, 4.69) is 36.1 Å². The summed E-state index contributed by atoms with van der Waals surface area (Å²) >= 11 is 0. The Balaban J connectivity index is -0.000000525. The number of aliphatic hydroxyl groups excluding tert-OH is 1. The number of allylic oxidation sites excluding steroid dienone is 1. The van der Waals surface area contributed by atoms with Crippen molar-refractivity contribution >= 4 is 5.84 Å². The van der Waals surface area contributed by atoms with E-state index in [0.717, 1.165) is 44.7 Å². The van der Waals surface area contributed by atoms with Crippen molar-refractivity contribution in [2.45, 2.75) is 58.1 Å². The number of amidine groups is 1. The zero-order chi connectivity index (χ0) is 21.5. The molecule has 0 rings (SSSR count). The maximum atomic E-state index is 9.23. The van der Waals surface area contributed by atoms with Crippen LogP contribution in [0.3, 0.4) is 0 Å². The minimum Gasteiger partial charge on any atom is -0.411 e. The van der Waals surface area contributed by atoms with Gasteiger partial charge in [-0.25, -0.2) is 4.99 Å². The Hall–Kier alpha value is 0.0619. The first-order valence-electron chi connectivity index (χ1n) is 10.3. The fraction of sp³-hybridized carbons (Fsp3) is 0.762. The third-order valence-corrected chi connectivity index (χ3v) is 3.64. The molecule has 0 heterocycles. The van der Waals surface area contributed by atoms with Gasteiger partial charge in [-0.3, -0.25) is 5.32 Å². The molecule has 0 saturated carbocycles. The minimum absolute atomic E-state index is 0. The summed E-state index contributed by atoms with van der Waals surface area (Å²) in [5.74, 6) is 0.579. The van der Waals surface area contributed by atoms with Crippen molar-refractivity contribution in [3.05, 3.63) is 26.1 Å². The summed E-state index contributed by atoms with van der Waals surface area (Å²) in [6.07, 6.45) is 6.78. The first-order valence-corrected chi connectivity index (χ1v) is 10.3. The van der Waals surface area contributed by atoms with Gasteiger partial charge in [0.2, 0.25) is 0 Å². The molecule has 29 heavy (non-hydrogen) atoms. The van der Waals surface area contributed by atoms with E-state index in [-0.39, 0.29) is 31.1 Å². The van der Waals surface area contributed by atoms with E-state index in [4.69, 9.17) is 15.2 Å². The van der Waals surface area contributed by atoms with Crippen LogP contribution < -0.4 is 16.4 Å². The number of aliphatic hydroxyl groups is 1. The third-order valence-electron chi connectivity index (χ3n) is 3.64. The molecule has 1 atom stereocenters. The van der Waals surface area contributed by atoms with Crippen LogP contribution in [0.25, 0.3) is 0 Å². The molecule has 5 N–H and O–H groups in total. The van der Waals surface area contributed by atoms with Crippen LogP contribution in [0.2, 0.25) is 0 Å². The summed E-state index contributed by atoms with van der Waals surface area (Å²) in [4.78, 5) is 4.11. The number of hydrogen-bond acceptors (Lipinski definition) is 6. The van der Waals surface area contributed by atoms with Gasteiger partial charge in [0.05, 0.1) is 31.9 Å². The zero-order valence-corrected chi connectivity index (χ0v) is 22.8. The maximum absolute atomic E-state index is 9.23. The molecule has 0 aliphatic heterocycles. The van der Waals surface area contributed by atoms with Crippen LogP contribution in [0.5, 0.6) is 0 Å². The molecule has 0 aromatic carbocycles. The summed E-state index contributed by atoms with van der Waals surface area (Å²) < 4.78 is 10.1. The number of likely N-dealkylation sites (N-methyl/N-ethyl adjacent to an activating group) is 1. The Labute approximate surface area is 203 Å². The van der Waals surface area contributed by atoms with Crippen LogP contribution >= 0.6 is 0 Å². The summed E-state index contributed by atoms with van der Waals surface area (Å²) in [5.41, 5.74) is 6.34. The van der Waals surface area contributed by atoms with E-state index in [1.165, 1.54) is 19.3 Å². The van der Waals surface area contributed by atoms with Gasteiger partial charge < -0.3 is 39.5 Å². The average molecular weight is 639 g/mol. The number of nitrogens with one attached hydrogen (secondary N) is 2. The molecule has 0 aliphatic carbocycles. The number of rotatable bonds is 18. The van der Waals surface area contributed by atoms with Gasteiger partial charge in [0, 0.05) is 12.2 Å². The number of hydrogen-bond donors (Lipinski definition) is 4. The van der Waals surface area contributed by atoms with Crippen molar-refractivity contribution in [1.82, 2.24) is 10.6 Å². The number of nitrogens with two attached hydrogens (primary N) is 1. The van der Waals surface area contributed by atoms with E-state index in [0.29, 0.717) is 32.1 Å². The van der Waals surface area contributed by atoms with Crippen LogP contribution in [0.1, 0.15) is 51.9 Å². The van der Waals surface area contributed by atoms with Crippen LogP contribution in [0.4, 0.5) is 0 Å². The second-order valence-corrected chi connectivity index (χ2v) is 6.42. The van der Waals surface area contributed by atoms with Gasteiger partial charge in [-0.15, -0.1) is 6.42 Å². The molecule has 0 saturated heterocycles. The van der Waals surface area contributed by atoms with Crippen LogP contribution in [0.15, 0.2) is 17.3 Å². The maximum Gasteiger partial charge on any atom is 2.00 e. The number of ether oxygens (including phenoxy) is 2. The third kappa shape index (κ3) is 32.9. The number of unbranched alkanes of at least 4 members (excludes halogenated alkanes) is 4. The van der Waals surface area contributed by atoms with E-state index < -0.39 is 6.23 Å². The summed E-state index contributed by atoms with van der Waals surface area (Å²) in [6, 6.07) is 0. The quantitative estimate of drug-likeness (QED) is 0.0606. The molecule has 0 bridgehead atoms. The Bertz CT molecular complexity index is 360. The summed E-state index contributed by atoms with van der Waals surface area (Å²) in [6.45, 7) is 17.1. The predicted octanol–water partition coefficient (Wildman–Crippen LogP) is 2.42. The Morgan fingerprint density at radius 2 is 1.69 bits per heavy atom. The molecule has 170 valence electrons. The second-order valence-electron chi connectivity index (χ2n) is 6.42. The molecule has 0 aromatic heterocycles. The van der Waals surface area contributed by atoms with Gasteiger partial charge in [0.25, 0.3) is 0 Å². The van der Waals surface area contributed by atoms with Crippen molar-refractivity contribution in [3.63, 3.8) is 0 Å². The average Bonchev–Trinajstić information content (AvgIpc) is 2.66. The molecule has 0 amide bonds. The minimum atomic E-state index is -0.453. The molecule has 0 radical (unpaired) electrons. The van der Waals surface area contributed by atoms with Gasteiger partial charge in [0.1, 0.15) is 0 Å². The monoisotopic (exact) mass is 638 g/mol. The van der Waals surface area contributed by atoms with Crippen molar-refractivity contribution in [2.75, 3.05) is 46.6 Å². The van der Waals surface area contributed by atoms with E-state index in [9.17, 15) is 5.11 Å². The second kappa shape index (κ2) is 28.1. The normalized spacial score (nSPS) is 12.0. The van der Waals surface area contributed by atoms with Gasteiger partial charge >= 0.3 is 31.1 Å². The molecule has 1 unspecified atom stereocenters. The molecular formula is C21H44N4O3U. The molecule has 0 aliphatic rings. The van der Waals surface area contributed by atoms with Crippen LogP contribution in [-0.2, 0) is 9.47 Å². The van der Waals surface area contributed by atoms with Crippen molar-refractivity contribution in [3.8, 4) is 0 Å². The largest absolute Gasteiger partial charge is 2.00 e. The van der Waals surface area contributed by atoms with Gasteiger partial charge in [-0.05, 0) is 39.8 Å². The predicted molar refractivity (Wildman–Crippen MR) is 119 cm³/mol. The topological polar surface area (TPSA) is 101 Å². The fourth-order valence-corrected chi connectivity index (χ4v) is 2.16. The standard InChI is InChI=1S/C14H28N3O.C7H16NO2.U/c1-4-14(18)16-11-9-7-5-6-8-10-12(2)17-13(3)15;1-3-9-6-7-10-5-4-8-2;/h14,16,18H,1-2,4-11H2,3H3,(H2,15,17);8H,1,3-7H2,2H3;/q2*-1;+2. The SMILES string of the molecule is C=C(CCCCCCCNC(O)C[CH2-])N=C(C)N.[CH2-]COCCOCCNC.[U+2]. The molecule has 0 fully saturated rings. The zero-order valence-electron chi connectivity index (χ0n) is 18.7. The molecule has 7 nitrogen and oxygen atoms in total.